The summed E-state index contributed by atoms with van der Waals surface area (Å²) in [5.41, 5.74) is -4.46. The number of Topliss-reactive ketones (excluding diaryl/α,β-unsaturated/α-hetero) is 1. The van der Waals surface area contributed by atoms with E-state index in [4.69, 9.17) is 9.47 Å². The first kappa shape index (κ1) is 31.6. The van der Waals surface area contributed by atoms with Crippen molar-refractivity contribution in [1.29, 1.82) is 0 Å². The third kappa shape index (κ3) is 4.65. The zero-order valence-corrected chi connectivity index (χ0v) is 25.7. The summed E-state index contributed by atoms with van der Waals surface area (Å²) in [5.74, 6) is -4.44. The first-order valence-corrected chi connectivity index (χ1v) is 15.2. The lowest BCUT2D eigenvalue weighted by Crippen LogP contribution is -2.66. The summed E-state index contributed by atoms with van der Waals surface area (Å²) < 4.78 is 12.5. The van der Waals surface area contributed by atoms with Crippen LogP contribution < -0.4 is 0 Å². The second kappa shape index (κ2) is 11.1. The number of unbranched alkanes of at least 4 members (excludes halogenated alkanes) is 4. The average molecular weight is 573 g/mol. The van der Waals surface area contributed by atoms with Gasteiger partial charge in [-0.25, -0.2) is 4.79 Å². The van der Waals surface area contributed by atoms with E-state index in [0.717, 1.165) is 25.7 Å². The number of hydrogen-bond acceptors (Lipinski definition) is 8. The van der Waals surface area contributed by atoms with Crippen molar-refractivity contribution in [3.8, 4) is 0 Å². The van der Waals surface area contributed by atoms with Gasteiger partial charge in [-0.15, -0.1) is 0 Å². The van der Waals surface area contributed by atoms with Crippen LogP contribution >= 0.6 is 0 Å². The number of aliphatic hydroxyl groups excluding tert-OH is 1. The molecule has 8 heteroatoms. The van der Waals surface area contributed by atoms with E-state index in [2.05, 4.69) is 6.92 Å². The van der Waals surface area contributed by atoms with E-state index >= 15 is 0 Å². The van der Waals surface area contributed by atoms with Crippen LogP contribution in [0.5, 0.6) is 0 Å². The molecule has 0 saturated heterocycles. The van der Waals surface area contributed by atoms with Crippen LogP contribution in [0.25, 0.3) is 0 Å². The molecule has 0 unspecified atom stereocenters. The molecule has 41 heavy (non-hydrogen) atoms. The second-order valence-corrected chi connectivity index (χ2v) is 13.4. The van der Waals surface area contributed by atoms with Crippen LogP contribution in [-0.4, -0.2) is 62.6 Å². The van der Waals surface area contributed by atoms with Crippen LogP contribution in [0.3, 0.4) is 0 Å². The van der Waals surface area contributed by atoms with E-state index in [1.54, 1.807) is 45.9 Å². The van der Waals surface area contributed by atoms with Crippen LogP contribution in [0.2, 0.25) is 0 Å². The molecule has 0 aliphatic heterocycles. The summed E-state index contributed by atoms with van der Waals surface area (Å²) >= 11 is 0. The summed E-state index contributed by atoms with van der Waals surface area (Å²) in [6.07, 6.45) is 8.99. The van der Waals surface area contributed by atoms with Crippen LogP contribution in [0, 0.1) is 29.1 Å². The van der Waals surface area contributed by atoms with Crippen molar-refractivity contribution >= 4 is 17.7 Å². The molecule has 2 saturated carbocycles. The minimum absolute atomic E-state index is 0.119. The summed E-state index contributed by atoms with van der Waals surface area (Å²) in [4.78, 5) is 39.8. The van der Waals surface area contributed by atoms with Gasteiger partial charge in [-0.05, 0) is 38.3 Å². The lowest BCUT2D eigenvalue weighted by Gasteiger charge is -2.53. The summed E-state index contributed by atoms with van der Waals surface area (Å²) in [7, 11) is 0. The van der Waals surface area contributed by atoms with Crippen molar-refractivity contribution in [3.63, 3.8) is 0 Å². The number of carbonyl (C=O) groups is 3. The summed E-state index contributed by atoms with van der Waals surface area (Å²) in [5, 5.41) is 34.9. The van der Waals surface area contributed by atoms with Crippen molar-refractivity contribution in [1.82, 2.24) is 0 Å². The Labute approximate surface area is 243 Å². The Bertz CT molecular complexity index is 1180. The Morgan fingerprint density at radius 3 is 2.39 bits per heavy atom. The molecule has 0 amide bonds. The predicted molar refractivity (Wildman–Crippen MR) is 153 cm³/mol. The monoisotopic (exact) mass is 572 g/mol. The zero-order chi connectivity index (χ0) is 30.5. The molecule has 228 valence electrons. The zero-order valence-electron chi connectivity index (χ0n) is 25.7. The highest BCUT2D eigenvalue weighted by atomic mass is 16.6. The molecular formula is C33H48O8. The van der Waals surface area contributed by atoms with E-state index in [0.29, 0.717) is 23.1 Å². The Hall–Kier alpha value is -2.29. The maximum atomic E-state index is 13.4. The molecule has 0 bridgehead atoms. The third-order valence-corrected chi connectivity index (χ3v) is 10.7. The van der Waals surface area contributed by atoms with Gasteiger partial charge in [-0.3, -0.25) is 9.59 Å². The molecule has 3 N–H and O–H groups in total. The summed E-state index contributed by atoms with van der Waals surface area (Å²) in [6, 6.07) is 0. The molecular weight excluding hydrogens is 524 g/mol. The topological polar surface area (TPSA) is 130 Å². The number of hydrogen-bond donors (Lipinski definition) is 3. The first-order chi connectivity index (χ1) is 19.2. The molecule has 0 radical (unpaired) electrons. The van der Waals surface area contributed by atoms with Gasteiger partial charge in [0.15, 0.2) is 11.4 Å². The van der Waals surface area contributed by atoms with Crippen LogP contribution in [0.4, 0.5) is 0 Å². The summed E-state index contributed by atoms with van der Waals surface area (Å²) in [6.45, 7) is 12.4. The van der Waals surface area contributed by atoms with Crippen LogP contribution in [-0.2, 0) is 23.9 Å². The van der Waals surface area contributed by atoms with Gasteiger partial charge in [0, 0.05) is 47.5 Å². The van der Waals surface area contributed by atoms with E-state index in [-0.39, 0.29) is 25.4 Å². The molecule has 0 aromatic carbocycles. The smallest absolute Gasteiger partial charge is 0.333 e. The quantitative estimate of drug-likeness (QED) is 0.152. The molecule has 4 aliphatic carbocycles. The second-order valence-electron chi connectivity index (χ2n) is 13.4. The van der Waals surface area contributed by atoms with Gasteiger partial charge in [0.25, 0.3) is 0 Å². The molecule has 8 nitrogen and oxygen atoms in total. The highest BCUT2D eigenvalue weighted by Gasteiger charge is 2.88. The van der Waals surface area contributed by atoms with Crippen molar-refractivity contribution in [2.24, 2.45) is 29.1 Å². The SMILES string of the molecule is C/C=C(\C)C(=O)O[C@@H]1[C@@H](C)[C@@]2(O)[C@@H](C=C(CO)C[C@]3(O)C(=O)C(C)=C[C@@H]23)[C@@H]2C(C)(C)[C@]12OC(=O)CCCCCCC. The Balaban J connectivity index is 1.81. The van der Waals surface area contributed by atoms with Gasteiger partial charge >= 0.3 is 11.9 Å². The minimum Gasteiger partial charge on any atom is -0.454 e. The molecule has 0 aromatic rings. The standard InChI is InChI=1S/C33H48O8/c1-8-10-11-12-13-14-25(35)41-33-26(30(33,6)7)23-16-22(18-34)17-31(38)24(15-20(4)27(31)36)32(23,39)21(5)28(33)40-29(37)19(3)9-2/h9,15-16,21,23-24,26,28,34,38-39H,8,10-14,17-18H2,1-7H3/b19-9+/t21-,23+,24-,26-,28-,31-,32-,33-/m1/s1. The van der Waals surface area contributed by atoms with E-state index in [1.165, 1.54) is 0 Å². The molecule has 4 rings (SSSR count). The predicted octanol–water partition coefficient (Wildman–Crippen LogP) is 4.36. The van der Waals surface area contributed by atoms with Gasteiger partial charge in [-0.1, -0.05) is 71.6 Å². The fraction of sp³-hybridized carbons (Fsp3) is 0.727. The van der Waals surface area contributed by atoms with E-state index < -0.39 is 63.7 Å². The van der Waals surface area contributed by atoms with Crippen molar-refractivity contribution < 1.29 is 39.2 Å². The normalized spacial score (nSPS) is 39.0. The van der Waals surface area contributed by atoms with E-state index in [1.807, 2.05) is 13.8 Å². The lowest BCUT2D eigenvalue weighted by molar-refractivity contribution is -0.227. The number of allylic oxidation sites excluding steroid dienone is 1. The maximum absolute atomic E-state index is 13.4. The molecule has 2 fully saturated rings. The first-order valence-electron chi connectivity index (χ1n) is 15.2. The van der Waals surface area contributed by atoms with Gasteiger partial charge in [0.05, 0.1) is 12.2 Å². The fourth-order valence-corrected chi connectivity index (χ4v) is 8.26. The third-order valence-electron chi connectivity index (χ3n) is 10.7. The molecule has 8 atom stereocenters. The number of fused-ring (bicyclic) bond motifs is 5. The number of aliphatic hydroxyl groups is 3. The molecule has 4 aliphatic rings. The number of ether oxygens (including phenoxy) is 2. The van der Waals surface area contributed by atoms with Crippen LogP contribution in [0.15, 0.2) is 34.9 Å². The van der Waals surface area contributed by atoms with Gasteiger partial charge in [-0.2, -0.15) is 0 Å². The molecule has 0 aromatic heterocycles. The van der Waals surface area contributed by atoms with Crippen molar-refractivity contribution in [2.45, 2.75) is 116 Å². The van der Waals surface area contributed by atoms with Gasteiger partial charge in [0.2, 0.25) is 0 Å². The van der Waals surface area contributed by atoms with Gasteiger partial charge in [0.1, 0.15) is 11.7 Å². The Morgan fingerprint density at radius 2 is 1.78 bits per heavy atom. The highest BCUT2D eigenvalue weighted by Crippen LogP contribution is 2.77. The van der Waals surface area contributed by atoms with Gasteiger partial charge < -0.3 is 24.8 Å². The molecule has 0 heterocycles. The van der Waals surface area contributed by atoms with Crippen molar-refractivity contribution in [2.75, 3.05) is 6.61 Å². The number of carbonyl (C=O) groups excluding carboxylic acids is 3. The Kier molecular flexibility index (Phi) is 8.55. The largest absolute Gasteiger partial charge is 0.454 e. The fourth-order valence-electron chi connectivity index (χ4n) is 8.26. The lowest BCUT2D eigenvalue weighted by atomic mass is 9.59. The minimum atomic E-state index is -1.95. The number of rotatable bonds is 10. The van der Waals surface area contributed by atoms with E-state index in [9.17, 15) is 29.7 Å². The average Bonchev–Trinajstić information content (AvgIpc) is 3.35. The van der Waals surface area contributed by atoms with Crippen LogP contribution in [0.1, 0.15) is 93.4 Å². The Morgan fingerprint density at radius 1 is 1.12 bits per heavy atom. The highest BCUT2D eigenvalue weighted by molar-refractivity contribution is 6.04. The number of ketones is 1. The van der Waals surface area contributed by atoms with Crippen molar-refractivity contribution in [3.05, 3.63) is 34.9 Å². The maximum Gasteiger partial charge on any atom is 0.333 e. The number of esters is 2. The molecule has 0 spiro atoms.